The van der Waals surface area contributed by atoms with Crippen LogP contribution >= 0.6 is 11.8 Å². The largest absolute Gasteiger partial charge is 0.369 e. The molecule has 0 heterocycles. The summed E-state index contributed by atoms with van der Waals surface area (Å²) in [5.74, 6) is 0.133. The number of thioether (sulfide) groups is 1. The lowest BCUT2D eigenvalue weighted by Gasteiger charge is -2.18. The molecule has 0 bridgehead atoms. The Hall–Kier alpha value is -1.87. The molecule has 0 aliphatic carbocycles. The highest BCUT2D eigenvalue weighted by atomic mass is 32.2. The molecule has 8 heteroatoms. The molecule has 0 aliphatic rings. The minimum absolute atomic E-state index is 0.0270. The maximum atomic E-state index is 12.4. The molecule has 3 N–H and O–H groups in total. The van der Waals surface area contributed by atoms with Gasteiger partial charge in [-0.1, -0.05) is 91.0 Å². The Bertz CT molecular complexity index is 725. The number of carbonyl (C=O) groups is 2. The molecule has 7 nitrogen and oxygen atoms in total. The van der Waals surface area contributed by atoms with Crippen molar-refractivity contribution >= 4 is 24.1 Å². The van der Waals surface area contributed by atoms with Gasteiger partial charge in [-0.25, -0.2) is 0 Å². The number of amides is 2. The van der Waals surface area contributed by atoms with E-state index in [9.17, 15) is 9.59 Å². The van der Waals surface area contributed by atoms with E-state index in [4.69, 9.17) is 14.9 Å². The second-order valence-corrected chi connectivity index (χ2v) is 11.3. The van der Waals surface area contributed by atoms with Gasteiger partial charge in [-0.3, -0.25) is 9.59 Å². The van der Waals surface area contributed by atoms with Crippen molar-refractivity contribution in [3.8, 4) is 0 Å². The fraction of sp³-hybridized carbons (Fsp3) is 0.688. The number of nitrogens with one attached hydrogen (secondary N) is 1. The number of ether oxygens (including phenoxy) is 1. The second-order valence-electron chi connectivity index (χ2n) is 10.1. The summed E-state index contributed by atoms with van der Waals surface area (Å²) in [6, 6.07) is 9.98. The summed E-state index contributed by atoms with van der Waals surface area (Å²) in [7, 11) is 0. The number of nitrogens with zero attached hydrogens (tertiary/aromatic N) is 1. The van der Waals surface area contributed by atoms with Crippen molar-refractivity contribution in [2.75, 3.05) is 31.2 Å². The van der Waals surface area contributed by atoms with E-state index in [-0.39, 0.29) is 17.4 Å². The summed E-state index contributed by atoms with van der Waals surface area (Å²) in [5.41, 5.74) is 1.32. The molecule has 0 radical (unpaired) electrons. The highest BCUT2D eigenvalue weighted by Gasteiger charge is 2.17. The van der Waals surface area contributed by atoms with Gasteiger partial charge in [-0.15, -0.1) is 0 Å². The summed E-state index contributed by atoms with van der Waals surface area (Å²) in [6.45, 7) is 21.5. The van der Waals surface area contributed by atoms with Gasteiger partial charge in [0, 0.05) is 37.7 Å². The van der Waals surface area contributed by atoms with Gasteiger partial charge in [0.15, 0.2) is 5.79 Å². The molecular weight excluding hydrogens is 524 g/mol. The van der Waals surface area contributed by atoms with Crippen molar-refractivity contribution < 1.29 is 24.5 Å². The van der Waals surface area contributed by atoms with Crippen molar-refractivity contribution in [1.82, 2.24) is 10.2 Å². The van der Waals surface area contributed by atoms with E-state index in [0.29, 0.717) is 26.2 Å². The molecule has 40 heavy (non-hydrogen) atoms. The first-order valence-electron chi connectivity index (χ1n) is 14.7. The topological polar surface area (TPSA) is 99.1 Å². The van der Waals surface area contributed by atoms with Crippen molar-refractivity contribution in [2.45, 2.75) is 107 Å². The van der Waals surface area contributed by atoms with Crippen molar-refractivity contribution in [3.05, 3.63) is 48.0 Å². The number of allylic oxidation sites excluding steroid dienone is 2. The second kappa shape index (κ2) is 27.3. The molecule has 0 spiro atoms. The number of unbranched alkanes of at least 4 members (excludes halogenated alkanes) is 1. The molecule has 0 saturated heterocycles. The molecule has 1 aromatic rings. The van der Waals surface area contributed by atoms with Gasteiger partial charge in [-0.2, -0.15) is 11.8 Å². The average molecular weight is 585 g/mol. The third-order valence-corrected chi connectivity index (χ3v) is 5.53. The number of benzene rings is 1. The summed E-state index contributed by atoms with van der Waals surface area (Å²) in [4.78, 5) is 25.5. The van der Waals surface area contributed by atoms with Crippen molar-refractivity contribution in [3.63, 3.8) is 0 Å². The van der Waals surface area contributed by atoms with E-state index in [0.717, 1.165) is 42.7 Å². The van der Waals surface area contributed by atoms with Crippen LogP contribution in [0.3, 0.4) is 0 Å². The fourth-order valence-corrected chi connectivity index (χ4v) is 3.79. The van der Waals surface area contributed by atoms with Crippen LogP contribution in [0.5, 0.6) is 0 Å². The van der Waals surface area contributed by atoms with E-state index >= 15 is 0 Å². The fourth-order valence-electron chi connectivity index (χ4n) is 2.98. The van der Waals surface area contributed by atoms with Crippen LogP contribution in [0.15, 0.2) is 42.5 Å². The van der Waals surface area contributed by atoms with Gasteiger partial charge >= 0.3 is 0 Å². The minimum Gasteiger partial charge on any atom is -0.369 e. The summed E-state index contributed by atoms with van der Waals surface area (Å²) in [6.07, 6.45) is 7.55. The number of carbonyl (C=O) groups excluding carboxylic acids is 2. The maximum absolute atomic E-state index is 12.4. The lowest BCUT2D eigenvalue weighted by Crippen LogP contribution is -2.37. The Morgan fingerprint density at radius 2 is 1.62 bits per heavy atom. The van der Waals surface area contributed by atoms with Crippen molar-refractivity contribution in [2.24, 2.45) is 5.41 Å². The summed E-state index contributed by atoms with van der Waals surface area (Å²) < 4.78 is 5.64. The Kier molecular flexibility index (Phi) is 29.1. The zero-order valence-corrected chi connectivity index (χ0v) is 27.9. The molecule has 0 fully saturated rings. The first-order valence-corrected chi connectivity index (χ1v) is 15.8. The van der Waals surface area contributed by atoms with Crippen LogP contribution in [-0.2, 0) is 20.9 Å². The molecule has 0 aromatic heterocycles. The first-order chi connectivity index (χ1) is 18.9. The highest BCUT2D eigenvalue weighted by molar-refractivity contribution is 7.99. The molecule has 1 unspecified atom stereocenters. The van der Waals surface area contributed by atoms with Gasteiger partial charge in [0.2, 0.25) is 12.3 Å². The van der Waals surface area contributed by atoms with E-state index in [2.05, 4.69) is 38.2 Å². The molecule has 0 aliphatic heterocycles. The Morgan fingerprint density at radius 1 is 1.05 bits per heavy atom. The van der Waals surface area contributed by atoms with E-state index in [1.165, 1.54) is 13.8 Å². The normalized spacial score (nSPS) is 11.6. The van der Waals surface area contributed by atoms with Gasteiger partial charge in [0.05, 0.1) is 0 Å². The quantitative estimate of drug-likeness (QED) is 0.0896. The van der Waals surface area contributed by atoms with Crippen LogP contribution in [-0.4, -0.2) is 70.5 Å². The van der Waals surface area contributed by atoms with Crippen LogP contribution in [0, 0.1) is 5.41 Å². The zero-order chi connectivity index (χ0) is 31.5. The van der Waals surface area contributed by atoms with Crippen LogP contribution in [0.25, 0.3) is 0 Å². The van der Waals surface area contributed by atoms with E-state index in [1.54, 1.807) is 16.7 Å². The predicted molar refractivity (Wildman–Crippen MR) is 172 cm³/mol. The van der Waals surface area contributed by atoms with Crippen LogP contribution < -0.4 is 5.32 Å². The smallest absolute Gasteiger partial charge is 0.249 e. The molecule has 2 amide bonds. The third-order valence-electron chi connectivity index (χ3n) is 4.56. The zero-order valence-electron chi connectivity index (χ0n) is 27.0. The lowest BCUT2D eigenvalue weighted by atomic mass is 9.95. The maximum Gasteiger partial charge on any atom is 0.249 e. The number of hydrogen-bond donors (Lipinski definition) is 3. The van der Waals surface area contributed by atoms with Crippen LogP contribution in [0.4, 0.5) is 0 Å². The standard InChI is InChI=1S/C25H40N2O3S.C3H8O2.2C2H6/c1-5-30-23(14-10-7-11-15-25(2,3)4)24(29)26-16-18-31-19-17-27(21-28)20-22-12-8-6-9-13-22;1-3(2,4)5;2*1-2/h6,8-9,11-13,15,21,23H,5,7,10,14,16-20H2,1-4H3,(H,26,29);4-5H,1-2H3;2*1-2H3/b15-11+;;;. The Morgan fingerprint density at radius 3 is 2.12 bits per heavy atom. The minimum atomic E-state index is -1.50. The SMILES string of the molecule is CC.CC.CC(C)(O)O.CCOC(CCC/C=C/C(C)(C)C)C(=O)NCCSCCN(C=O)Cc1ccccc1. The predicted octanol–water partition coefficient (Wildman–Crippen LogP) is 6.43. The third kappa shape index (κ3) is 32.3. The summed E-state index contributed by atoms with van der Waals surface area (Å²) in [5, 5.41) is 19.1. The Balaban J connectivity index is -0.00000134. The molecule has 234 valence electrons. The van der Waals surface area contributed by atoms with Crippen LogP contribution in [0.1, 0.15) is 94.1 Å². The molecule has 1 atom stereocenters. The van der Waals surface area contributed by atoms with E-state index in [1.807, 2.05) is 65.0 Å². The molecular formula is C32H60N2O5S. The monoisotopic (exact) mass is 584 g/mol. The summed E-state index contributed by atoms with van der Waals surface area (Å²) >= 11 is 1.74. The van der Waals surface area contributed by atoms with Crippen LogP contribution in [0.2, 0.25) is 0 Å². The molecule has 1 rings (SSSR count). The van der Waals surface area contributed by atoms with E-state index < -0.39 is 5.79 Å². The number of aliphatic hydroxyl groups is 2. The van der Waals surface area contributed by atoms with Gasteiger partial charge in [-0.05, 0) is 51.0 Å². The Labute approximate surface area is 250 Å². The van der Waals surface area contributed by atoms with Gasteiger partial charge in [0.1, 0.15) is 6.10 Å². The van der Waals surface area contributed by atoms with Gasteiger partial charge < -0.3 is 25.2 Å². The lowest BCUT2D eigenvalue weighted by molar-refractivity contribution is -0.133. The molecule has 1 aromatic carbocycles. The highest BCUT2D eigenvalue weighted by Crippen LogP contribution is 2.16. The number of rotatable bonds is 16. The first kappa shape index (κ1) is 42.6. The van der Waals surface area contributed by atoms with Crippen molar-refractivity contribution in [1.29, 1.82) is 0 Å². The number of hydrogen-bond acceptors (Lipinski definition) is 6. The average Bonchev–Trinajstić information content (AvgIpc) is 2.90. The molecule has 0 saturated carbocycles. The van der Waals surface area contributed by atoms with Gasteiger partial charge in [0.25, 0.3) is 0 Å².